The van der Waals surface area contributed by atoms with E-state index in [1.54, 1.807) is 0 Å². The lowest BCUT2D eigenvalue weighted by Crippen LogP contribution is -2.09. The summed E-state index contributed by atoms with van der Waals surface area (Å²) in [5.74, 6) is 0. The van der Waals surface area contributed by atoms with E-state index in [9.17, 15) is 8.42 Å². The lowest BCUT2D eigenvalue weighted by atomic mass is 9.93. The predicted molar refractivity (Wildman–Crippen MR) is 118 cm³/mol. The molecule has 0 bridgehead atoms. The van der Waals surface area contributed by atoms with Gasteiger partial charge >= 0.3 is 0 Å². The second kappa shape index (κ2) is 6.09. The standard InChI is InChI=1S/C23H16ClNO2S/c1-28(26,27)25-20-9-5-4-8-19(20)23-21(25)14-16-6-2-3-7-18(16)22(23)15-10-12-17(24)13-11-15/h2-14H,1H3. The molecule has 5 heteroatoms. The second-order valence-electron chi connectivity index (χ2n) is 6.92. The molecule has 0 aliphatic heterocycles. The summed E-state index contributed by atoms with van der Waals surface area (Å²) in [5, 5.41) is 4.58. The fourth-order valence-electron chi connectivity index (χ4n) is 4.03. The van der Waals surface area contributed by atoms with Crippen LogP contribution in [0.15, 0.2) is 78.9 Å². The summed E-state index contributed by atoms with van der Waals surface area (Å²) in [4.78, 5) is 0. The lowest BCUT2D eigenvalue weighted by Gasteiger charge is -2.11. The molecular formula is C23H16ClNO2S. The molecule has 1 aromatic heterocycles. The van der Waals surface area contributed by atoms with E-state index >= 15 is 0 Å². The summed E-state index contributed by atoms with van der Waals surface area (Å²) >= 11 is 6.11. The average Bonchev–Trinajstić information content (AvgIpc) is 3.01. The van der Waals surface area contributed by atoms with Gasteiger partial charge in [0.15, 0.2) is 0 Å². The number of nitrogens with zero attached hydrogens (tertiary/aromatic N) is 1. The van der Waals surface area contributed by atoms with Gasteiger partial charge in [-0.15, -0.1) is 0 Å². The maximum Gasteiger partial charge on any atom is 0.236 e. The summed E-state index contributed by atoms with van der Waals surface area (Å²) in [6.07, 6.45) is 1.25. The van der Waals surface area contributed by atoms with Crippen LogP contribution in [-0.2, 0) is 10.0 Å². The van der Waals surface area contributed by atoms with Crippen molar-refractivity contribution in [1.82, 2.24) is 3.97 Å². The van der Waals surface area contributed by atoms with Crippen LogP contribution >= 0.6 is 11.6 Å². The summed E-state index contributed by atoms with van der Waals surface area (Å²) in [5.41, 5.74) is 3.39. The summed E-state index contributed by atoms with van der Waals surface area (Å²) in [6.45, 7) is 0. The molecule has 5 rings (SSSR count). The first-order valence-corrected chi connectivity index (χ1v) is 11.1. The molecule has 0 amide bonds. The third-order valence-corrected chi connectivity index (χ3v) is 6.41. The van der Waals surface area contributed by atoms with Crippen LogP contribution in [0.4, 0.5) is 0 Å². The SMILES string of the molecule is CS(=O)(=O)n1c2ccccc2c2c(-c3ccc(Cl)cc3)c3ccccc3cc21. The number of fused-ring (bicyclic) bond motifs is 4. The quantitative estimate of drug-likeness (QED) is 0.357. The predicted octanol–water partition coefficient (Wildman–Crippen LogP) is 6.08. The first-order valence-electron chi connectivity index (χ1n) is 8.86. The second-order valence-corrected chi connectivity index (χ2v) is 9.19. The van der Waals surface area contributed by atoms with Crippen LogP contribution in [0, 0.1) is 0 Å². The van der Waals surface area contributed by atoms with E-state index in [-0.39, 0.29) is 0 Å². The van der Waals surface area contributed by atoms with E-state index in [1.165, 1.54) is 10.2 Å². The normalized spacial score (nSPS) is 12.2. The zero-order valence-corrected chi connectivity index (χ0v) is 16.6. The molecular weight excluding hydrogens is 390 g/mol. The molecule has 0 atom stereocenters. The van der Waals surface area contributed by atoms with Gasteiger partial charge in [0.25, 0.3) is 0 Å². The van der Waals surface area contributed by atoms with Crippen LogP contribution in [0.25, 0.3) is 43.7 Å². The van der Waals surface area contributed by atoms with Gasteiger partial charge in [0.2, 0.25) is 10.0 Å². The number of hydrogen-bond donors (Lipinski definition) is 0. The molecule has 4 aromatic carbocycles. The maximum absolute atomic E-state index is 12.7. The first-order chi connectivity index (χ1) is 13.4. The fourth-order valence-corrected chi connectivity index (χ4v) is 5.17. The van der Waals surface area contributed by atoms with Crippen LogP contribution in [0.1, 0.15) is 0 Å². The molecule has 0 aliphatic carbocycles. The minimum Gasteiger partial charge on any atom is -0.237 e. The summed E-state index contributed by atoms with van der Waals surface area (Å²) < 4.78 is 26.8. The van der Waals surface area contributed by atoms with Crippen molar-refractivity contribution in [2.75, 3.05) is 6.26 Å². The van der Waals surface area contributed by atoms with Gasteiger partial charge in [-0.05, 0) is 46.2 Å². The maximum atomic E-state index is 12.7. The molecule has 0 radical (unpaired) electrons. The Balaban J connectivity index is 2.12. The van der Waals surface area contributed by atoms with Crippen molar-refractivity contribution in [3.05, 3.63) is 83.9 Å². The molecule has 28 heavy (non-hydrogen) atoms. The van der Waals surface area contributed by atoms with Gasteiger partial charge in [-0.3, -0.25) is 0 Å². The monoisotopic (exact) mass is 405 g/mol. The Bertz CT molecular complexity index is 1480. The number of aromatic nitrogens is 1. The van der Waals surface area contributed by atoms with E-state index in [4.69, 9.17) is 11.6 Å². The van der Waals surface area contributed by atoms with E-state index < -0.39 is 10.0 Å². The Kier molecular flexibility index (Phi) is 3.76. The van der Waals surface area contributed by atoms with Crippen molar-refractivity contribution in [2.45, 2.75) is 0 Å². The molecule has 0 saturated heterocycles. The molecule has 0 aliphatic rings. The first kappa shape index (κ1) is 17.3. The lowest BCUT2D eigenvalue weighted by molar-refractivity contribution is 0.596. The van der Waals surface area contributed by atoms with Crippen molar-refractivity contribution in [3.63, 3.8) is 0 Å². The van der Waals surface area contributed by atoms with Gasteiger partial charge in [0.05, 0.1) is 17.3 Å². The van der Waals surface area contributed by atoms with Gasteiger partial charge < -0.3 is 0 Å². The Labute approximate surface area is 167 Å². The highest BCUT2D eigenvalue weighted by molar-refractivity contribution is 7.89. The molecule has 0 spiro atoms. The van der Waals surface area contributed by atoms with Crippen molar-refractivity contribution in [2.24, 2.45) is 0 Å². The van der Waals surface area contributed by atoms with Crippen molar-refractivity contribution < 1.29 is 8.42 Å². The topological polar surface area (TPSA) is 39.1 Å². The number of rotatable bonds is 2. The third-order valence-electron chi connectivity index (χ3n) is 5.10. The van der Waals surface area contributed by atoms with Crippen molar-refractivity contribution in [3.8, 4) is 11.1 Å². The molecule has 0 unspecified atom stereocenters. The van der Waals surface area contributed by atoms with Gasteiger partial charge in [-0.2, -0.15) is 0 Å². The van der Waals surface area contributed by atoms with Crippen molar-refractivity contribution in [1.29, 1.82) is 0 Å². The van der Waals surface area contributed by atoms with Gasteiger partial charge in [0.1, 0.15) is 0 Å². The highest BCUT2D eigenvalue weighted by Crippen LogP contribution is 2.42. The molecule has 0 N–H and O–H groups in total. The van der Waals surface area contributed by atoms with Crippen LogP contribution in [0.5, 0.6) is 0 Å². The zero-order chi connectivity index (χ0) is 19.5. The summed E-state index contributed by atoms with van der Waals surface area (Å²) in [6, 6.07) is 25.3. The highest BCUT2D eigenvalue weighted by atomic mass is 35.5. The summed E-state index contributed by atoms with van der Waals surface area (Å²) in [7, 11) is -3.49. The van der Waals surface area contributed by atoms with E-state index in [0.717, 1.165) is 32.7 Å². The van der Waals surface area contributed by atoms with E-state index in [0.29, 0.717) is 16.1 Å². The smallest absolute Gasteiger partial charge is 0.236 e. The third kappa shape index (κ3) is 2.53. The number of hydrogen-bond acceptors (Lipinski definition) is 2. The number of para-hydroxylation sites is 1. The molecule has 138 valence electrons. The largest absolute Gasteiger partial charge is 0.237 e. The van der Waals surface area contributed by atoms with Gasteiger partial charge in [-0.25, -0.2) is 12.4 Å². The van der Waals surface area contributed by atoms with Crippen molar-refractivity contribution >= 4 is 54.2 Å². The van der Waals surface area contributed by atoms with Crippen LogP contribution in [0.2, 0.25) is 5.02 Å². The van der Waals surface area contributed by atoms with Crippen LogP contribution in [-0.4, -0.2) is 18.6 Å². The molecule has 0 saturated carbocycles. The Morgan fingerprint density at radius 2 is 1.43 bits per heavy atom. The minimum absolute atomic E-state index is 0.666. The Morgan fingerprint density at radius 3 is 2.14 bits per heavy atom. The number of halogens is 1. The molecule has 3 nitrogen and oxygen atoms in total. The Hall–Kier alpha value is -2.82. The van der Waals surface area contributed by atoms with Crippen LogP contribution in [0.3, 0.4) is 0 Å². The molecule has 1 heterocycles. The fraction of sp³-hybridized carbons (Fsp3) is 0.0435. The van der Waals surface area contributed by atoms with Gasteiger partial charge in [-0.1, -0.05) is 66.2 Å². The van der Waals surface area contributed by atoms with Crippen LogP contribution < -0.4 is 0 Å². The van der Waals surface area contributed by atoms with E-state index in [2.05, 4.69) is 6.07 Å². The molecule has 5 aromatic rings. The average molecular weight is 406 g/mol. The van der Waals surface area contributed by atoms with E-state index in [1.807, 2.05) is 72.8 Å². The molecule has 0 fully saturated rings. The Morgan fingerprint density at radius 1 is 0.786 bits per heavy atom. The zero-order valence-electron chi connectivity index (χ0n) is 15.1. The number of benzene rings is 4. The van der Waals surface area contributed by atoms with Gasteiger partial charge in [0, 0.05) is 15.8 Å². The highest BCUT2D eigenvalue weighted by Gasteiger charge is 2.21. The minimum atomic E-state index is -3.49.